The number of hydrogen-bond donors (Lipinski definition) is 1. The first-order chi connectivity index (χ1) is 11.2. The minimum absolute atomic E-state index is 0.0278. The number of nitrogens with one attached hydrogen (secondary N) is 1. The van der Waals surface area contributed by atoms with E-state index in [1.165, 1.54) is 12.0 Å². The molecule has 0 aliphatic carbocycles. The Morgan fingerprint density at radius 2 is 2.30 bits per heavy atom. The number of rotatable bonds is 5. The average molecular weight is 347 g/mol. The van der Waals surface area contributed by atoms with Crippen molar-refractivity contribution in [3.63, 3.8) is 0 Å². The summed E-state index contributed by atoms with van der Waals surface area (Å²) in [4.78, 5) is 19.2. The van der Waals surface area contributed by atoms with Crippen LogP contribution in [0.2, 0.25) is 0 Å². The van der Waals surface area contributed by atoms with Crippen LogP contribution in [0.15, 0.2) is 41.9 Å². The van der Waals surface area contributed by atoms with E-state index >= 15 is 0 Å². The van der Waals surface area contributed by atoms with Crippen molar-refractivity contribution in [2.75, 3.05) is 13.7 Å². The lowest BCUT2D eigenvalue weighted by atomic mass is 10.0. The molecule has 1 fully saturated rings. The van der Waals surface area contributed by atoms with Crippen molar-refractivity contribution in [2.24, 2.45) is 0 Å². The Balaban J connectivity index is 1.89. The summed E-state index contributed by atoms with van der Waals surface area (Å²) in [7, 11) is 1.40. The van der Waals surface area contributed by atoms with Gasteiger partial charge in [-0.3, -0.25) is 9.78 Å². The third-order valence-electron chi connectivity index (χ3n) is 3.82. The third-order valence-corrected chi connectivity index (χ3v) is 5.11. The van der Waals surface area contributed by atoms with Crippen molar-refractivity contribution in [2.45, 2.75) is 18.5 Å². The molecule has 23 heavy (non-hydrogen) atoms. The Kier molecular flexibility index (Phi) is 4.88. The summed E-state index contributed by atoms with van der Waals surface area (Å²) in [5.74, 6) is -0.237. The number of esters is 1. The van der Waals surface area contributed by atoms with Gasteiger partial charge in [-0.25, -0.2) is 0 Å². The molecule has 2 atom stereocenters. The number of carbonyl (C=O) groups is 1. The summed E-state index contributed by atoms with van der Waals surface area (Å²) in [6, 6.07) is 9.97. The van der Waals surface area contributed by atoms with Gasteiger partial charge in [0.1, 0.15) is 0 Å². The van der Waals surface area contributed by atoms with Gasteiger partial charge in [-0.1, -0.05) is 12.1 Å². The van der Waals surface area contributed by atoms with Crippen LogP contribution in [0.4, 0.5) is 0 Å². The lowest BCUT2D eigenvalue weighted by molar-refractivity contribution is -0.140. The van der Waals surface area contributed by atoms with Gasteiger partial charge in [0.15, 0.2) is 5.11 Å². The zero-order valence-corrected chi connectivity index (χ0v) is 14.3. The molecule has 0 radical (unpaired) electrons. The number of thiophene rings is 1. The number of hydrogen-bond acceptors (Lipinski definition) is 5. The highest BCUT2D eigenvalue weighted by Crippen LogP contribution is 2.40. The zero-order chi connectivity index (χ0) is 16.2. The second-order valence-corrected chi connectivity index (χ2v) is 6.53. The van der Waals surface area contributed by atoms with Gasteiger partial charge in [0.25, 0.3) is 0 Å². The van der Waals surface area contributed by atoms with E-state index in [1.54, 1.807) is 17.5 Å². The van der Waals surface area contributed by atoms with Gasteiger partial charge in [-0.05, 0) is 35.8 Å². The molecule has 1 aliphatic rings. The molecule has 0 unspecified atom stereocenters. The van der Waals surface area contributed by atoms with Crippen molar-refractivity contribution in [3.8, 4) is 0 Å². The summed E-state index contributed by atoms with van der Waals surface area (Å²) in [6.45, 7) is 0.518. The number of ether oxygens (including phenoxy) is 1. The molecule has 0 saturated carbocycles. The normalized spacial score (nSPS) is 20.4. The highest BCUT2D eigenvalue weighted by Gasteiger charge is 2.40. The van der Waals surface area contributed by atoms with Gasteiger partial charge in [-0.2, -0.15) is 0 Å². The Hall–Kier alpha value is -1.99. The Labute approximate surface area is 144 Å². The number of pyridine rings is 1. The zero-order valence-electron chi connectivity index (χ0n) is 12.6. The van der Waals surface area contributed by atoms with Crippen molar-refractivity contribution in [3.05, 3.63) is 52.5 Å². The second-order valence-electron chi connectivity index (χ2n) is 5.16. The molecule has 1 N–H and O–H groups in total. The monoisotopic (exact) mass is 347 g/mol. The van der Waals surface area contributed by atoms with Crippen molar-refractivity contribution >= 4 is 34.6 Å². The minimum atomic E-state index is -0.237. The molecule has 1 saturated heterocycles. The van der Waals surface area contributed by atoms with E-state index < -0.39 is 0 Å². The van der Waals surface area contributed by atoms with Crippen LogP contribution in [0, 0.1) is 0 Å². The first kappa shape index (κ1) is 15.9. The van der Waals surface area contributed by atoms with Gasteiger partial charge < -0.3 is 15.0 Å². The van der Waals surface area contributed by atoms with Crippen molar-refractivity contribution in [1.29, 1.82) is 0 Å². The topological polar surface area (TPSA) is 54.5 Å². The smallest absolute Gasteiger partial charge is 0.307 e. The molecular weight excluding hydrogens is 330 g/mol. The molecule has 2 aromatic rings. The molecule has 0 bridgehead atoms. The van der Waals surface area contributed by atoms with E-state index in [0.29, 0.717) is 18.1 Å². The van der Waals surface area contributed by atoms with E-state index in [1.807, 2.05) is 29.6 Å². The number of nitrogens with zero attached hydrogens (tertiary/aromatic N) is 2. The lowest BCUT2D eigenvalue weighted by Gasteiger charge is -2.26. The highest BCUT2D eigenvalue weighted by molar-refractivity contribution is 7.80. The summed E-state index contributed by atoms with van der Waals surface area (Å²) < 4.78 is 4.74. The van der Waals surface area contributed by atoms with Crippen LogP contribution in [0.3, 0.4) is 0 Å². The molecule has 0 amide bonds. The standard InChI is InChI=1S/C16H17N3O2S2/c1-21-13(20)7-9-19-15(12-6-4-10-23-12)14(18-16(19)22)11-5-2-3-8-17-11/h2-6,8,10,14-15H,7,9H2,1H3,(H,18,22)/t14-,15+/m0/s1. The van der Waals surface area contributed by atoms with Gasteiger partial charge >= 0.3 is 5.97 Å². The maximum absolute atomic E-state index is 11.5. The first-order valence-electron chi connectivity index (χ1n) is 7.29. The third kappa shape index (κ3) is 3.35. The quantitative estimate of drug-likeness (QED) is 0.663. The molecule has 0 spiro atoms. The highest BCUT2D eigenvalue weighted by atomic mass is 32.1. The Morgan fingerprint density at radius 3 is 2.96 bits per heavy atom. The van der Waals surface area contributed by atoms with E-state index in [2.05, 4.69) is 21.3 Å². The fourth-order valence-corrected chi connectivity index (χ4v) is 3.93. The van der Waals surface area contributed by atoms with E-state index in [0.717, 1.165) is 5.69 Å². The fraction of sp³-hybridized carbons (Fsp3) is 0.312. The molecule has 3 rings (SSSR count). The summed E-state index contributed by atoms with van der Waals surface area (Å²) >= 11 is 7.18. The maximum Gasteiger partial charge on any atom is 0.307 e. The maximum atomic E-state index is 11.5. The molecule has 7 heteroatoms. The molecule has 1 aliphatic heterocycles. The van der Waals surface area contributed by atoms with E-state index in [9.17, 15) is 4.79 Å². The Morgan fingerprint density at radius 1 is 1.43 bits per heavy atom. The van der Waals surface area contributed by atoms with Crippen LogP contribution in [-0.2, 0) is 9.53 Å². The SMILES string of the molecule is COC(=O)CCN1C(=S)N[C@@H](c2ccccn2)[C@H]1c1cccs1. The number of thiocarbonyl (C=S) groups is 1. The average Bonchev–Trinajstić information content (AvgIpc) is 3.21. The lowest BCUT2D eigenvalue weighted by Crippen LogP contribution is -2.31. The van der Waals surface area contributed by atoms with Crippen LogP contribution in [-0.4, -0.2) is 34.6 Å². The molecule has 0 aromatic carbocycles. The number of aromatic nitrogens is 1. The Bertz CT molecular complexity index is 676. The van der Waals surface area contributed by atoms with Crippen LogP contribution in [0.1, 0.15) is 29.1 Å². The van der Waals surface area contributed by atoms with E-state index in [4.69, 9.17) is 17.0 Å². The van der Waals surface area contributed by atoms with Gasteiger partial charge in [0, 0.05) is 17.6 Å². The predicted molar refractivity (Wildman–Crippen MR) is 93.1 cm³/mol. The van der Waals surface area contributed by atoms with Crippen LogP contribution in [0.25, 0.3) is 0 Å². The van der Waals surface area contributed by atoms with Crippen molar-refractivity contribution in [1.82, 2.24) is 15.2 Å². The molecule has 3 heterocycles. The second kappa shape index (κ2) is 7.06. The van der Waals surface area contributed by atoms with Crippen LogP contribution >= 0.6 is 23.6 Å². The summed E-state index contributed by atoms with van der Waals surface area (Å²) in [6.07, 6.45) is 2.08. The molecule has 2 aromatic heterocycles. The molecule has 120 valence electrons. The number of methoxy groups -OCH3 is 1. The number of carbonyl (C=O) groups excluding carboxylic acids is 1. The van der Waals surface area contributed by atoms with E-state index in [-0.39, 0.29) is 18.1 Å². The largest absolute Gasteiger partial charge is 0.469 e. The molecular formula is C16H17N3O2S2. The van der Waals surface area contributed by atoms with Crippen LogP contribution in [0.5, 0.6) is 0 Å². The molecule has 5 nitrogen and oxygen atoms in total. The first-order valence-corrected chi connectivity index (χ1v) is 8.58. The minimum Gasteiger partial charge on any atom is -0.469 e. The van der Waals surface area contributed by atoms with Gasteiger partial charge in [0.2, 0.25) is 0 Å². The van der Waals surface area contributed by atoms with Gasteiger partial charge in [0.05, 0.1) is 31.3 Å². The van der Waals surface area contributed by atoms with Gasteiger partial charge in [-0.15, -0.1) is 11.3 Å². The van der Waals surface area contributed by atoms with Crippen molar-refractivity contribution < 1.29 is 9.53 Å². The summed E-state index contributed by atoms with van der Waals surface area (Å²) in [5.41, 5.74) is 0.939. The van der Waals surface area contributed by atoms with Crippen LogP contribution < -0.4 is 5.32 Å². The summed E-state index contributed by atoms with van der Waals surface area (Å²) in [5, 5.41) is 6.04. The fourth-order valence-electron chi connectivity index (χ4n) is 2.73. The predicted octanol–water partition coefficient (Wildman–Crippen LogP) is 2.68.